The van der Waals surface area contributed by atoms with Gasteiger partial charge in [0.15, 0.2) is 0 Å². The average molecular weight is 305 g/mol. The lowest BCUT2D eigenvalue weighted by atomic mass is 10.1. The van der Waals surface area contributed by atoms with Crippen LogP contribution in [0.1, 0.15) is 33.0 Å². The predicted octanol–water partition coefficient (Wildman–Crippen LogP) is 1.91. The van der Waals surface area contributed by atoms with Crippen LogP contribution in [0.2, 0.25) is 0 Å². The highest BCUT2D eigenvalue weighted by Gasteiger charge is 2.20. The summed E-state index contributed by atoms with van der Waals surface area (Å²) >= 11 is 0. The number of carbonyl (C=O) groups is 1. The van der Waals surface area contributed by atoms with E-state index in [-0.39, 0.29) is 5.91 Å². The second-order valence-corrected chi connectivity index (χ2v) is 6.26. The minimum atomic E-state index is 0.148. The van der Waals surface area contributed by atoms with E-state index in [4.69, 9.17) is 0 Å². The smallest absolute Gasteiger partial charge is 0.219 e. The molecule has 0 bridgehead atoms. The van der Waals surface area contributed by atoms with E-state index in [1.807, 2.05) is 17.9 Å². The van der Waals surface area contributed by atoms with Crippen LogP contribution in [0.4, 0.5) is 11.6 Å². The maximum atomic E-state index is 11.4. The molecule has 1 N–H and O–H groups in total. The van der Waals surface area contributed by atoms with E-state index < -0.39 is 0 Å². The molecule has 22 heavy (non-hydrogen) atoms. The molecule has 1 fully saturated rings. The van der Waals surface area contributed by atoms with Crippen LogP contribution in [0.5, 0.6) is 0 Å². The third kappa shape index (κ3) is 4.58. The second-order valence-electron chi connectivity index (χ2n) is 6.26. The van der Waals surface area contributed by atoms with E-state index in [1.165, 1.54) is 0 Å². The molecule has 0 spiro atoms. The minimum absolute atomic E-state index is 0.148. The van der Waals surface area contributed by atoms with Crippen molar-refractivity contribution in [3.05, 3.63) is 11.9 Å². The van der Waals surface area contributed by atoms with E-state index in [2.05, 4.69) is 34.0 Å². The Hall–Kier alpha value is -1.85. The molecular weight excluding hydrogens is 278 g/mol. The molecule has 1 aliphatic rings. The number of aromatic nitrogens is 2. The standard InChI is InChI=1S/C16H27N5O/c1-12(2)5-6-17-15-11-16(19-13(3)18-15)21-9-7-20(8-10-21)14(4)22/h11-12H,5-10H2,1-4H3,(H,17,18,19). The van der Waals surface area contributed by atoms with Crippen LogP contribution in [0, 0.1) is 12.8 Å². The summed E-state index contributed by atoms with van der Waals surface area (Å²) in [5, 5.41) is 3.38. The lowest BCUT2D eigenvalue weighted by Gasteiger charge is -2.35. The molecule has 0 saturated carbocycles. The number of hydrogen-bond donors (Lipinski definition) is 1. The van der Waals surface area contributed by atoms with Crippen molar-refractivity contribution in [2.45, 2.75) is 34.1 Å². The number of piperazine rings is 1. The fraction of sp³-hybridized carbons (Fsp3) is 0.688. The molecule has 6 heteroatoms. The largest absolute Gasteiger partial charge is 0.370 e. The zero-order chi connectivity index (χ0) is 16.1. The first-order valence-electron chi connectivity index (χ1n) is 8.05. The van der Waals surface area contributed by atoms with Gasteiger partial charge in [-0.2, -0.15) is 0 Å². The fourth-order valence-corrected chi connectivity index (χ4v) is 2.54. The molecule has 2 rings (SSSR count). The SMILES string of the molecule is CC(=O)N1CCN(c2cc(NCCC(C)C)nc(C)n2)CC1. The number of hydrogen-bond acceptors (Lipinski definition) is 5. The molecule has 0 unspecified atom stereocenters. The highest BCUT2D eigenvalue weighted by molar-refractivity contribution is 5.73. The van der Waals surface area contributed by atoms with Gasteiger partial charge in [-0.05, 0) is 19.3 Å². The van der Waals surface area contributed by atoms with Gasteiger partial charge < -0.3 is 15.1 Å². The molecule has 1 aromatic rings. The van der Waals surface area contributed by atoms with Crippen molar-refractivity contribution in [1.29, 1.82) is 0 Å². The zero-order valence-electron chi connectivity index (χ0n) is 14.1. The Morgan fingerprint density at radius 3 is 2.55 bits per heavy atom. The van der Waals surface area contributed by atoms with E-state index in [1.54, 1.807) is 6.92 Å². The van der Waals surface area contributed by atoms with E-state index in [0.29, 0.717) is 5.92 Å². The Labute approximate surface area is 132 Å². The first kappa shape index (κ1) is 16.5. The number of carbonyl (C=O) groups excluding carboxylic acids is 1. The minimum Gasteiger partial charge on any atom is -0.370 e. The second kappa shape index (κ2) is 7.42. The van der Waals surface area contributed by atoms with Crippen LogP contribution in [-0.2, 0) is 4.79 Å². The molecule has 1 saturated heterocycles. The van der Waals surface area contributed by atoms with Crippen molar-refractivity contribution in [3.8, 4) is 0 Å². The lowest BCUT2D eigenvalue weighted by Crippen LogP contribution is -2.48. The van der Waals surface area contributed by atoms with Crippen LogP contribution in [0.15, 0.2) is 6.07 Å². The molecule has 6 nitrogen and oxygen atoms in total. The summed E-state index contributed by atoms with van der Waals surface area (Å²) in [5.74, 6) is 3.43. The third-order valence-electron chi connectivity index (χ3n) is 3.90. The number of nitrogens with zero attached hydrogens (tertiary/aromatic N) is 4. The van der Waals surface area contributed by atoms with Gasteiger partial charge in [0.05, 0.1) is 0 Å². The average Bonchev–Trinajstić information content (AvgIpc) is 2.46. The fourth-order valence-electron chi connectivity index (χ4n) is 2.54. The van der Waals surface area contributed by atoms with Crippen LogP contribution in [0.25, 0.3) is 0 Å². The van der Waals surface area contributed by atoms with Crippen molar-refractivity contribution < 1.29 is 4.79 Å². The Morgan fingerprint density at radius 1 is 1.27 bits per heavy atom. The number of rotatable bonds is 5. The molecule has 0 atom stereocenters. The first-order chi connectivity index (χ1) is 10.5. The summed E-state index contributed by atoms with van der Waals surface area (Å²) in [5.41, 5.74) is 0. The van der Waals surface area contributed by atoms with E-state index in [9.17, 15) is 4.79 Å². The zero-order valence-corrected chi connectivity index (χ0v) is 14.1. The van der Waals surface area contributed by atoms with Gasteiger partial charge in [-0.1, -0.05) is 13.8 Å². The highest BCUT2D eigenvalue weighted by Crippen LogP contribution is 2.18. The molecule has 122 valence electrons. The highest BCUT2D eigenvalue weighted by atomic mass is 16.2. The number of nitrogens with one attached hydrogen (secondary N) is 1. The van der Waals surface area contributed by atoms with Crippen LogP contribution in [-0.4, -0.2) is 53.5 Å². The molecule has 0 radical (unpaired) electrons. The van der Waals surface area contributed by atoms with Crippen LogP contribution < -0.4 is 10.2 Å². The summed E-state index contributed by atoms with van der Waals surface area (Å²) in [6.07, 6.45) is 1.12. The Morgan fingerprint density at radius 2 is 1.95 bits per heavy atom. The van der Waals surface area contributed by atoms with Crippen LogP contribution >= 0.6 is 0 Å². The van der Waals surface area contributed by atoms with Crippen molar-refractivity contribution in [1.82, 2.24) is 14.9 Å². The lowest BCUT2D eigenvalue weighted by molar-refractivity contribution is -0.129. The molecule has 1 aromatic heterocycles. The number of anilines is 2. The Kier molecular flexibility index (Phi) is 5.57. The Balaban J connectivity index is 1.99. The Bertz CT molecular complexity index is 509. The number of amides is 1. The van der Waals surface area contributed by atoms with E-state index >= 15 is 0 Å². The molecule has 1 aliphatic heterocycles. The van der Waals surface area contributed by atoms with Gasteiger partial charge >= 0.3 is 0 Å². The van der Waals surface area contributed by atoms with E-state index in [0.717, 1.165) is 56.6 Å². The number of aryl methyl sites for hydroxylation is 1. The third-order valence-corrected chi connectivity index (χ3v) is 3.90. The maximum absolute atomic E-state index is 11.4. The van der Waals surface area contributed by atoms with Crippen molar-refractivity contribution in [2.75, 3.05) is 42.9 Å². The molecule has 0 aliphatic carbocycles. The quantitative estimate of drug-likeness (QED) is 0.900. The summed E-state index contributed by atoms with van der Waals surface area (Å²) in [6.45, 7) is 12.1. The van der Waals surface area contributed by atoms with Gasteiger partial charge in [-0.3, -0.25) is 4.79 Å². The summed E-state index contributed by atoms with van der Waals surface area (Å²) in [6, 6.07) is 2.01. The van der Waals surface area contributed by atoms with Crippen LogP contribution in [0.3, 0.4) is 0 Å². The maximum Gasteiger partial charge on any atom is 0.219 e. The molecule has 1 amide bonds. The first-order valence-corrected chi connectivity index (χ1v) is 8.05. The molecule has 0 aromatic carbocycles. The monoisotopic (exact) mass is 305 g/mol. The van der Waals surface area contributed by atoms with Gasteiger partial charge in [0, 0.05) is 45.7 Å². The topological polar surface area (TPSA) is 61.4 Å². The van der Waals surface area contributed by atoms with Crippen molar-refractivity contribution in [2.24, 2.45) is 5.92 Å². The summed E-state index contributed by atoms with van der Waals surface area (Å²) in [4.78, 5) is 24.5. The molecular formula is C16H27N5O. The van der Waals surface area contributed by atoms with Gasteiger partial charge in [0.2, 0.25) is 5.91 Å². The molecule has 2 heterocycles. The summed E-state index contributed by atoms with van der Waals surface area (Å²) in [7, 11) is 0. The normalized spacial score (nSPS) is 15.3. The summed E-state index contributed by atoms with van der Waals surface area (Å²) < 4.78 is 0. The predicted molar refractivity (Wildman–Crippen MR) is 89.2 cm³/mol. The van der Waals surface area contributed by atoms with Gasteiger partial charge in [-0.15, -0.1) is 0 Å². The van der Waals surface area contributed by atoms with Gasteiger partial charge in [-0.25, -0.2) is 9.97 Å². The van der Waals surface area contributed by atoms with Crippen molar-refractivity contribution >= 4 is 17.5 Å². The van der Waals surface area contributed by atoms with Gasteiger partial charge in [0.1, 0.15) is 17.5 Å². The van der Waals surface area contributed by atoms with Crippen molar-refractivity contribution in [3.63, 3.8) is 0 Å². The van der Waals surface area contributed by atoms with Gasteiger partial charge in [0.25, 0.3) is 0 Å².